The quantitative estimate of drug-likeness (QED) is 0.932. The Morgan fingerprint density at radius 2 is 2.05 bits per heavy atom. The molecule has 0 saturated heterocycles. The lowest BCUT2D eigenvalue weighted by Gasteiger charge is -2.13. The van der Waals surface area contributed by atoms with Crippen molar-refractivity contribution in [3.8, 4) is 0 Å². The first-order valence-corrected chi connectivity index (χ1v) is 6.93. The van der Waals surface area contributed by atoms with Crippen LogP contribution in [0.15, 0.2) is 24.3 Å². The zero-order chi connectivity index (χ0) is 14.0. The second-order valence-electron chi connectivity index (χ2n) is 4.48. The van der Waals surface area contributed by atoms with Crippen molar-refractivity contribution in [2.24, 2.45) is 0 Å². The van der Waals surface area contributed by atoms with Crippen molar-refractivity contribution in [2.75, 3.05) is 0 Å². The highest BCUT2D eigenvalue weighted by Crippen LogP contribution is 2.28. The molecule has 0 fully saturated rings. The zero-order valence-corrected chi connectivity index (χ0v) is 12.4. The lowest BCUT2D eigenvalue weighted by Crippen LogP contribution is -2.08. The van der Waals surface area contributed by atoms with Gasteiger partial charge in [-0.15, -0.1) is 0 Å². The monoisotopic (exact) mass is 298 g/mol. The van der Waals surface area contributed by atoms with E-state index in [0.29, 0.717) is 22.0 Å². The van der Waals surface area contributed by atoms with Crippen LogP contribution in [-0.2, 0) is 13.0 Å². The molecule has 19 heavy (non-hydrogen) atoms. The predicted molar refractivity (Wildman–Crippen MR) is 77.8 cm³/mol. The first-order chi connectivity index (χ1) is 9.01. The Hall–Kier alpha value is -1.03. The number of aliphatic hydroxyl groups is 1. The largest absolute Gasteiger partial charge is 0.388 e. The third-order valence-corrected chi connectivity index (χ3v) is 3.58. The van der Waals surface area contributed by atoms with Gasteiger partial charge >= 0.3 is 0 Å². The predicted octanol–water partition coefficient (Wildman–Crippen LogP) is 3.79. The van der Waals surface area contributed by atoms with Gasteiger partial charge in [0.05, 0.1) is 11.8 Å². The molecule has 0 aliphatic heterocycles. The van der Waals surface area contributed by atoms with Crippen LogP contribution >= 0.6 is 23.2 Å². The SMILES string of the molecule is CCn1nc(C)cc1CC(O)c1cc(Cl)ccc1Cl. The second kappa shape index (κ2) is 5.95. The number of aryl methyl sites for hydroxylation is 2. The average Bonchev–Trinajstić information content (AvgIpc) is 2.72. The maximum absolute atomic E-state index is 10.3. The second-order valence-corrected chi connectivity index (χ2v) is 5.32. The topological polar surface area (TPSA) is 38.0 Å². The first kappa shape index (κ1) is 14.4. The van der Waals surface area contributed by atoms with Gasteiger partial charge in [-0.05, 0) is 38.1 Å². The summed E-state index contributed by atoms with van der Waals surface area (Å²) < 4.78 is 1.89. The van der Waals surface area contributed by atoms with E-state index in [2.05, 4.69) is 5.10 Å². The molecular weight excluding hydrogens is 283 g/mol. The first-order valence-electron chi connectivity index (χ1n) is 6.17. The zero-order valence-electron chi connectivity index (χ0n) is 10.9. The third kappa shape index (κ3) is 3.30. The molecule has 0 spiro atoms. The van der Waals surface area contributed by atoms with E-state index in [1.54, 1.807) is 18.2 Å². The Balaban J connectivity index is 2.25. The molecule has 1 atom stereocenters. The summed E-state index contributed by atoms with van der Waals surface area (Å²) >= 11 is 12.0. The van der Waals surface area contributed by atoms with Gasteiger partial charge in [0.2, 0.25) is 0 Å². The fourth-order valence-electron chi connectivity index (χ4n) is 2.12. The molecule has 0 saturated carbocycles. The van der Waals surface area contributed by atoms with Crippen molar-refractivity contribution >= 4 is 23.2 Å². The van der Waals surface area contributed by atoms with Crippen LogP contribution in [0.1, 0.15) is 30.0 Å². The van der Waals surface area contributed by atoms with E-state index in [0.717, 1.165) is 17.9 Å². The number of halogens is 2. The molecule has 1 unspecified atom stereocenters. The molecule has 2 rings (SSSR count). The third-order valence-electron chi connectivity index (χ3n) is 3.00. The van der Waals surface area contributed by atoms with E-state index in [1.807, 2.05) is 24.6 Å². The van der Waals surface area contributed by atoms with Gasteiger partial charge in [-0.2, -0.15) is 5.10 Å². The Labute approximate surface area is 122 Å². The summed E-state index contributed by atoms with van der Waals surface area (Å²) in [5, 5.41) is 15.8. The number of aromatic nitrogens is 2. The summed E-state index contributed by atoms with van der Waals surface area (Å²) in [7, 11) is 0. The summed E-state index contributed by atoms with van der Waals surface area (Å²) in [6.07, 6.45) is -0.220. The van der Waals surface area contributed by atoms with E-state index in [1.165, 1.54) is 0 Å². The van der Waals surface area contributed by atoms with Crippen molar-refractivity contribution in [2.45, 2.75) is 32.9 Å². The van der Waals surface area contributed by atoms with Crippen LogP contribution in [0.2, 0.25) is 10.0 Å². The molecule has 2 aromatic rings. The number of aliphatic hydroxyl groups excluding tert-OH is 1. The van der Waals surface area contributed by atoms with Crippen LogP contribution in [0.3, 0.4) is 0 Å². The molecule has 0 radical (unpaired) electrons. The van der Waals surface area contributed by atoms with E-state index in [-0.39, 0.29) is 0 Å². The Bertz CT molecular complexity index is 581. The summed E-state index contributed by atoms with van der Waals surface area (Å²) in [6, 6.07) is 7.09. The number of benzene rings is 1. The molecule has 1 heterocycles. The van der Waals surface area contributed by atoms with Gasteiger partial charge in [0.1, 0.15) is 0 Å². The number of hydrogen-bond acceptors (Lipinski definition) is 2. The fraction of sp³-hybridized carbons (Fsp3) is 0.357. The molecule has 0 aliphatic rings. The molecule has 0 amide bonds. The molecule has 1 aromatic heterocycles. The van der Waals surface area contributed by atoms with Gasteiger partial charge in [0, 0.05) is 34.3 Å². The van der Waals surface area contributed by atoms with Crippen LogP contribution in [-0.4, -0.2) is 14.9 Å². The minimum Gasteiger partial charge on any atom is -0.388 e. The van der Waals surface area contributed by atoms with Crippen LogP contribution in [0.4, 0.5) is 0 Å². The normalized spacial score (nSPS) is 12.7. The molecule has 1 N–H and O–H groups in total. The van der Waals surface area contributed by atoms with Crippen molar-refractivity contribution in [3.05, 3.63) is 51.3 Å². The molecular formula is C14H16Cl2N2O. The molecule has 3 nitrogen and oxygen atoms in total. The number of rotatable bonds is 4. The molecule has 5 heteroatoms. The highest BCUT2D eigenvalue weighted by Gasteiger charge is 2.15. The van der Waals surface area contributed by atoms with Gasteiger partial charge in [-0.25, -0.2) is 0 Å². The van der Waals surface area contributed by atoms with E-state index >= 15 is 0 Å². The Kier molecular flexibility index (Phi) is 4.50. The maximum atomic E-state index is 10.3. The summed E-state index contributed by atoms with van der Waals surface area (Å²) in [6.45, 7) is 4.74. The smallest absolute Gasteiger partial charge is 0.0860 e. The highest BCUT2D eigenvalue weighted by atomic mass is 35.5. The maximum Gasteiger partial charge on any atom is 0.0860 e. The van der Waals surface area contributed by atoms with Gasteiger partial charge in [0.25, 0.3) is 0 Å². The van der Waals surface area contributed by atoms with Crippen LogP contribution in [0, 0.1) is 6.92 Å². The molecule has 0 bridgehead atoms. The number of nitrogens with zero attached hydrogens (tertiary/aromatic N) is 2. The van der Waals surface area contributed by atoms with Gasteiger partial charge in [-0.1, -0.05) is 23.2 Å². The summed E-state index contributed by atoms with van der Waals surface area (Å²) in [5.41, 5.74) is 2.58. The van der Waals surface area contributed by atoms with E-state index in [9.17, 15) is 5.11 Å². The minimum atomic E-state index is -0.687. The highest BCUT2D eigenvalue weighted by molar-refractivity contribution is 6.33. The van der Waals surface area contributed by atoms with Crippen molar-refractivity contribution in [3.63, 3.8) is 0 Å². The minimum absolute atomic E-state index is 0.467. The molecule has 1 aromatic carbocycles. The summed E-state index contributed by atoms with van der Waals surface area (Å²) in [4.78, 5) is 0. The van der Waals surface area contributed by atoms with E-state index in [4.69, 9.17) is 23.2 Å². The molecule has 0 aliphatic carbocycles. The van der Waals surface area contributed by atoms with Crippen LogP contribution in [0.25, 0.3) is 0 Å². The Morgan fingerprint density at radius 3 is 2.74 bits per heavy atom. The number of hydrogen-bond donors (Lipinski definition) is 1. The summed E-state index contributed by atoms with van der Waals surface area (Å²) in [5.74, 6) is 0. The van der Waals surface area contributed by atoms with Crippen molar-refractivity contribution in [1.82, 2.24) is 9.78 Å². The van der Waals surface area contributed by atoms with Gasteiger partial charge < -0.3 is 5.11 Å². The van der Waals surface area contributed by atoms with Crippen LogP contribution in [0.5, 0.6) is 0 Å². The van der Waals surface area contributed by atoms with Crippen molar-refractivity contribution in [1.29, 1.82) is 0 Å². The van der Waals surface area contributed by atoms with Gasteiger partial charge in [-0.3, -0.25) is 4.68 Å². The van der Waals surface area contributed by atoms with Crippen LogP contribution < -0.4 is 0 Å². The fourth-order valence-corrected chi connectivity index (χ4v) is 2.54. The lowest BCUT2D eigenvalue weighted by molar-refractivity contribution is 0.175. The Morgan fingerprint density at radius 1 is 1.32 bits per heavy atom. The average molecular weight is 299 g/mol. The van der Waals surface area contributed by atoms with Crippen molar-refractivity contribution < 1.29 is 5.11 Å². The molecule has 102 valence electrons. The standard InChI is InChI=1S/C14H16Cl2N2O/c1-3-18-11(6-9(2)17-18)8-14(19)12-7-10(15)4-5-13(12)16/h4-7,14,19H,3,8H2,1-2H3. The lowest BCUT2D eigenvalue weighted by atomic mass is 10.0. The van der Waals surface area contributed by atoms with E-state index < -0.39 is 6.10 Å². The van der Waals surface area contributed by atoms with Gasteiger partial charge in [0.15, 0.2) is 0 Å².